The van der Waals surface area contributed by atoms with E-state index in [2.05, 4.69) is 36.1 Å². The Morgan fingerprint density at radius 2 is 2.14 bits per heavy atom. The summed E-state index contributed by atoms with van der Waals surface area (Å²) in [5.74, 6) is 1.91. The molecule has 0 saturated heterocycles. The molecule has 1 aromatic rings. The molecule has 1 aliphatic carbocycles. The number of thioether (sulfide) groups is 2. The molecule has 1 amide bonds. The first-order valence-electron chi connectivity index (χ1n) is 7.58. The number of carbonyl (C=O) groups is 1. The van der Waals surface area contributed by atoms with Crippen LogP contribution in [0.25, 0.3) is 0 Å². The molecule has 0 spiro atoms. The smallest absolute Gasteiger partial charge is 0.230 e. The Bertz CT molecular complexity index is 560. The first-order valence-corrected chi connectivity index (χ1v) is 9.44. The van der Waals surface area contributed by atoms with E-state index in [1.54, 1.807) is 11.8 Å². The van der Waals surface area contributed by atoms with Crippen molar-refractivity contribution >= 4 is 29.4 Å². The van der Waals surface area contributed by atoms with Crippen LogP contribution in [0.3, 0.4) is 0 Å². The van der Waals surface area contributed by atoms with Crippen LogP contribution in [-0.4, -0.2) is 32.9 Å². The van der Waals surface area contributed by atoms with Gasteiger partial charge < -0.3 is 5.32 Å². The molecule has 1 aromatic heterocycles. The second-order valence-electron chi connectivity index (χ2n) is 5.76. The SMILES string of the molecule is CCc1nc(SCC(=O)NC2CC2)c2c(n1)S[C@H](C)[C@@H]2C. The number of nitrogens with one attached hydrogen (secondary N) is 1. The minimum absolute atomic E-state index is 0.124. The maximum absolute atomic E-state index is 11.9. The highest BCUT2D eigenvalue weighted by Crippen LogP contribution is 2.47. The lowest BCUT2D eigenvalue weighted by Gasteiger charge is -2.12. The van der Waals surface area contributed by atoms with E-state index < -0.39 is 0 Å². The second-order valence-corrected chi connectivity index (χ2v) is 8.09. The third-order valence-electron chi connectivity index (χ3n) is 3.98. The number of nitrogens with zero attached hydrogens (tertiary/aromatic N) is 2. The van der Waals surface area contributed by atoms with Gasteiger partial charge in [0.25, 0.3) is 0 Å². The Hall–Kier alpha value is -0.750. The average Bonchev–Trinajstić information content (AvgIpc) is 3.22. The van der Waals surface area contributed by atoms with Crippen molar-refractivity contribution < 1.29 is 4.79 Å². The van der Waals surface area contributed by atoms with E-state index in [-0.39, 0.29) is 5.91 Å². The quantitative estimate of drug-likeness (QED) is 0.667. The highest BCUT2D eigenvalue weighted by atomic mass is 32.2. The lowest BCUT2D eigenvalue weighted by atomic mass is 10.0. The standard InChI is InChI=1S/C15H21N3OS2/c1-4-11-17-14(20-7-12(19)16-10-5-6-10)13-8(2)9(3)21-15(13)18-11/h8-10H,4-7H2,1-3H3,(H,16,19)/t8-,9+/m0/s1. The largest absolute Gasteiger partial charge is 0.353 e. The summed E-state index contributed by atoms with van der Waals surface area (Å²) in [4.78, 5) is 21.2. The molecule has 0 bridgehead atoms. The van der Waals surface area contributed by atoms with E-state index in [9.17, 15) is 4.79 Å². The van der Waals surface area contributed by atoms with Crippen molar-refractivity contribution in [2.45, 2.75) is 67.3 Å². The molecule has 0 aromatic carbocycles. The third-order valence-corrected chi connectivity index (χ3v) is 6.28. The fraction of sp³-hybridized carbons (Fsp3) is 0.667. The zero-order chi connectivity index (χ0) is 15.0. The van der Waals surface area contributed by atoms with Gasteiger partial charge in [0.15, 0.2) is 0 Å². The van der Waals surface area contributed by atoms with Crippen LogP contribution in [0.2, 0.25) is 0 Å². The van der Waals surface area contributed by atoms with Gasteiger partial charge in [0.05, 0.1) is 5.75 Å². The fourth-order valence-corrected chi connectivity index (χ4v) is 4.65. The molecule has 2 atom stereocenters. The predicted molar refractivity (Wildman–Crippen MR) is 87.0 cm³/mol. The van der Waals surface area contributed by atoms with Gasteiger partial charge >= 0.3 is 0 Å². The number of amides is 1. The molecule has 0 unspecified atom stereocenters. The van der Waals surface area contributed by atoms with Crippen molar-refractivity contribution in [3.8, 4) is 0 Å². The molecule has 3 rings (SSSR count). The monoisotopic (exact) mass is 323 g/mol. The molecule has 1 N–H and O–H groups in total. The second kappa shape index (κ2) is 6.16. The molecular formula is C15H21N3OS2. The Labute approximate surface area is 134 Å². The number of rotatable bonds is 5. The van der Waals surface area contributed by atoms with Crippen LogP contribution in [0.15, 0.2) is 10.1 Å². The summed E-state index contributed by atoms with van der Waals surface area (Å²) in [5, 5.41) is 5.68. The summed E-state index contributed by atoms with van der Waals surface area (Å²) in [6, 6.07) is 0.426. The minimum Gasteiger partial charge on any atom is -0.353 e. The van der Waals surface area contributed by atoms with E-state index in [0.717, 1.165) is 35.1 Å². The molecule has 2 heterocycles. The number of fused-ring (bicyclic) bond motifs is 1. The molecule has 114 valence electrons. The Kier molecular flexibility index (Phi) is 4.45. The maximum Gasteiger partial charge on any atom is 0.230 e. The first-order chi connectivity index (χ1) is 10.1. The minimum atomic E-state index is 0.124. The van der Waals surface area contributed by atoms with Gasteiger partial charge in [0, 0.05) is 23.3 Å². The Balaban J connectivity index is 1.76. The van der Waals surface area contributed by atoms with Crippen LogP contribution >= 0.6 is 23.5 Å². The number of aromatic nitrogens is 2. The summed E-state index contributed by atoms with van der Waals surface area (Å²) in [5.41, 5.74) is 1.24. The first kappa shape index (κ1) is 15.2. The van der Waals surface area contributed by atoms with E-state index >= 15 is 0 Å². The lowest BCUT2D eigenvalue weighted by molar-refractivity contribution is -0.118. The summed E-state index contributed by atoms with van der Waals surface area (Å²) in [6.45, 7) is 6.53. The molecule has 1 fully saturated rings. The number of aryl methyl sites for hydroxylation is 1. The van der Waals surface area contributed by atoms with Crippen LogP contribution in [0.1, 0.15) is 50.9 Å². The predicted octanol–water partition coefficient (Wildman–Crippen LogP) is 3.01. The van der Waals surface area contributed by atoms with Gasteiger partial charge in [-0.15, -0.1) is 11.8 Å². The van der Waals surface area contributed by atoms with Crippen LogP contribution < -0.4 is 5.32 Å². The van der Waals surface area contributed by atoms with Gasteiger partial charge in [-0.1, -0.05) is 32.5 Å². The molecule has 0 radical (unpaired) electrons. The number of hydrogen-bond donors (Lipinski definition) is 1. The highest BCUT2D eigenvalue weighted by molar-refractivity contribution is 8.01. The maximum atomic E-state index is 11.9. The van der Waals surface area contributed by atoms with Gasteiger partial charge in [-0.3, -0.25) is 4.79 Å². The van der Waals surface area contributed by atoms with Gasteiger partial charge in [0.1, 0.15) is 15.9 Å². The summed E-state index contributed by atoms with van der Waals surface area (Å²) < 4.78 is 0. The van der Waals surface area contributed by atoms with E-state index in [0.29, 0.717) is 23.0 Å². The van der Waals surface area contributed by atoms with Crippen LogP contribution in [0.4, 0.5) is 0 Å². The topological polar surface area (TPSA) is 54.9 Å². The van der Waals surface area contributed by atoms with E-state index in [1.165, 1.54) is 5.56 Å². The molecule has 2 aliphatic rings. The lowest BCUT2D eigenvalue weighted by Crippen LogP contribution is -2.27. The highest BCUT2D eigenvalue weighted by Gasteiger charge is 2.32. The fourth-order valence-electron chi connectivity index (χ4n) is 2.36. The van der Waals surface area contributed by atoms with Crippen molar-refractivity contribution in [2.24, 2.45) is 0 Å². The van der Waals surface area contributed by atoms with Crippen molar-refractivity contribution in [2.75, 3.05) is 5.75 Å². The van der Waals surface area contributed by atoms with Crippen molar-refractivity contribution in [3.05, 3.63) is 11.4 Å². The summed E-state index contributed by atoms with van der Waals surface area (Å²) in [7, 11) is 0. The van der Waals surface area contributed by atoms with Gasteiger partial charge in [0.2, 0.25) is 5.91 Å². The molecule has 1 saturated carbocycles. The van der Waals surface area contributed by atoms with Crippen LogP contribution in [-0.2, 0) is 11.2 Å². The van der Waals surface area contributed by atoms with Gasteiger partial charge in [-0.2, -0.15) is 0 Å². The van der Waals surface area contributed by atoms with E-state index in [1.807, 2.05) is 11.8 Å². The Morgan fingerprint density at radius 1 is 1.38 bits per heavy atom. The molecule has 1 aliphatic heterocycles. The average molecular weight is 323 g/mol. The van der Waals surface area contributed by atoms with Gasteiger partial charge in [-0.05, 0) is 18.8 Å². The molecule has 6 heteroatoms. The van der Waals surface area contributed by atoms with Crippen molar-refractivity contribution in [1.82, 2.24) is 15.3 Å². The van der Waals surface area contributed by atoms with Crippen LogP contribution in [0, 0.1) is 0 Å². The zero-order valence-electron chi connectivity index (χ0n) is 12.7. The third kappa shape index (κ3) is 3.37. The Morgan fingerprint density at radius 3 is 2.81 bits per heavy atom. The molecule has 4 nitrogen and oxygen atoms in total. The van der Waals surface area contributed by atoms with Gasteiger partial charge in [-0.25, -0.2) is 9.97 Å². The molecule has 21 heavy (non-hydrogen) atoms. The summed E-state index contributed by atoms with van der Waals surface area (Å²) >= 11 is 3.40. The number of hydrogen-bond acceptors (Lipinski definition) is 5. The number of carbonyl (C=O) groups excluding carboxylic acids is 1. The zero-order valence-corrected chi connectivity index (χ0v) is 14.3. The van der Waals surface area contributed by atoms with Crippen molar-refractivity contribution in [1.29, 1.82) is 0 Å². The molecular weight excluding hydrogens is 302 g/mol. The van der Waals surface area contributed by atoms with E-state index in [4.69, 9.17) is 0 Å². The van der Waals surface area contributed by atoms with Crippen LogP contribution in [0.5, 0.6) is 0 Å². The normalized spacial score (nSPS) is 24.0. The van der Waals surface area contributed by atoms with Crippen molar-refractivity contribution in [3.63, 3.8) is 0 Å². The summed E-state index contributed by atoms with van der Waals surface area (Å²) in [6.07, 6.45) is 3.09.